The summed E-state index contributed by atoms with van der Waals surface area (Å²) >= 11 is 4.91. The van der Waals surface area contributed by atoms with E-state index in [1.54, 1.807) is 25.5 Å². The van der Waals surface area contributed by atoms with Crippen molar-refractivity contribution in [1.82, 2.24) is 9.13 Å². The molecule has 0 amide bonds. The van der Waals surface area contributed by atoms with Gasteiger partial charge in [-0.1, -0.05) is 30.4 Å². The number of aryl methyl sites for hydroxylation is 1. The van der Waals surface area contributed by atoms with Crippen LogP contribution in [0.4, 0.5) is 0 Å². The van der Waals surface area contributed by atoms with Gasteiger partial charge in [0.25, 0.3) is 0 Å². The van der Waals surface area contributed by atoms with Crippen LogP contribution in [0.25, 0.3) is 0 Å². The van der Waals surface area contributed by atoms with Crippen LogP contribution >= 0.6 is 12.2 Å². The van der Waals surface area contributed by atoms with E-state index in [1.165, 1.54) is 9.13 Å². The molecule has 1 heterocycles. The number of rotatable bonds is 3. The van der Waals surface area contributed by atoms with Crippen LogP contribution in [-0.2, 0) is 13.6 Å². The highest BCUT2D eigenvalue weighted by Gasteiger charge is 2.04. The summed E-state index contributed by atoms with van der Waals surface area (Å²) in [6.07, 6.45) is 3.14. The third-order valence-electron chi connectivity index (χ3n) is 2.80. The minimum atomic E-state index is -0.550. The number of benzene rings is 1. The highest BCUT2D eigenvalue weighted by atomic mass is 32.1. The lowest BCUT2D eigenvalue weighted by molar-refractivity contribution is 0.695. The second-order valence-electron chi connectivity index (χ2n) is 4.21. The van der Waals surface area contributed by atoms with Crippen molar-refractivity contribution in [3.05, 3.63) is 68.5 Å². The van der Waals surface area contributed by atoms with Crippen LogP contribution in [0.5, 0.6) is 0 Å². The van der Waals surface area contributed by atoms with E-state index in [2.05, 4.69) is 0 Å². The average Bonchev–Trinajstić information content (AvgIpc) is 2.40. The van der Waals surface area contributed by atoms with Crippen molar-refractivity contribution in [2.75, 3.05) is 0 Å². The summed E-state index contributed by atoms with van der Waals surface area (Å²) in [5.74, 6) is 0. The fraction of sp³-hybridized carbons (Fsp3) is 0.154. The molecule has 2 N–H and O–H groups in total. The number of nitrogens with two attached hydrogens (primary N) is 1. The summed E-state index contributed by atoms with van der Waals surface area (Å²) in [4.78, 5) is 23.6. The molecule has 0 spiro atoms. The van der Waals surface area contributed by atoms with Gasteiger partial charge in [0.2, 0.25) is 0 Å². The SMILES string of the molecule is Cn1ccn(Cc2cccc(C(N)=S)c2)c(=O)c1=O. The molecular weight excluding hydrogens is 262 g/mol. The van der Waals surface area contributed by atoms with Gasteiger partial charge in [-0.05, 0) is 11.6 Å². The molecule has 0 unspecified atom stereocenters. The fourth-order valence-corrected chi connectivity index (χ4v) is 1.86. The van der Waals surface area contributed by atoms with E-state index in [-0.39, 0.29) is 0 Å². The van der Waals surface area contributed by atoms with Crippen molar-refractivity contribution >= 4 is 17.2 Å². The monoisotopic (exact) mass is 275 g/mol. The Balaban J connectivity index is 2.40. The smallest absolute Gasteiger partial charge is 0.316 e. The quantitative estimate of drug-likeness (QED) is 0.643. The first kappa shape index (κ1) is 13.2. The van der Waals surface area contributed by atoms with Crippen LogP contribution in [-0.4, -0.2) is 14.1 Å². The molecule has 0 saturated carbocycles. The third kappa shape index (κ3) is 2.79. The summed E-state index contributed by atoms with van der Waals surface area (Å²) in [5, 5.41) is 0. The third-order valence-corrected chi connectivity index (χ3v) is 3.03. The van der Waals surface area contributed by atoms with Gasteiger partial charge in [0.1, 0.15) is 4.99 Å². The Morgan fingerprint density at radius 2 is 2.00 bits per heavy atom. The van der Waals surface area contributed by atoms with Gasteiger partial charge in [-0.3, -0.25) is 9.59 Å². The molecule has 0 aliphatic heterocycles. The molecule has 0 bridgehead atoms. The first-order valence-electron chi connectivity index (χ1n) is 5.64. The van der Waals surface area contributed by atoms with E-state index < -0.39 is 11.1 Å². The van der Waals surface area contributed by atoms with Crippen molar-refractivity contribution < 1.29 is 0 Å². The lowest BCUT2D eigenvalue weighted by atomic mass is 10.1. The maximum Gasteiger partial charge on any atom is 0.316 e. The molecule has 1 aromatic heterocycles. The number of hydrogen-bond acceptors (Lipinski definition) is 3. The molecule has 2 rings (SSSR count). The normalized spacial score (nSPS) is 10.4. The minimum absolute atomic E-state index is 0.304. The number of nitrogens with zero attached hydrogens (tertiary/aromatic N) is 2. The highest BCUT2D eigenvalue weighted by Crippen LogP contribution is 2.06. The Bertz CT molecular complexity index is 746. The highest BCUT2D eigenvalue weighted by molar-refractivity contribution is 7.80. The maximum atomic E-state index is 11.8. The van der Waals surface area contributed by atoms with Gasteiger partial charge in [-0.25, -0.2) is 0 Å². The summed E-state index contributed by atoms with van der Waals surface area (Å²) in [6.45, 7) is 0.311. The largest absolute Gasteiger partial charge is 0.389 e. The molecule has 0 fully saturated rings. The maximum absolute atomic E-state index is 11.8. The van der Waals surface area contributed by atoms with Gasteiger partial charge < -0.3 is 14.9 Å². The van der Waals surface area contributed by atoms with E-state index in [0.717, 1.165) is 11.1 Å². The Labute approximate surface area is 114 Å². The Kier molecular flexibility index (Phi) is 3.62. The predicted octanol–water partition coefficient (Wildman–Crippen LogP) is 0.229. The first-order valence-corrected chi connectivity index (χ1v) is 6.04. The van der Waals surface area contributed by atoms with Gasteiger partial charge in [-0.2, -0.15) is 0 Å². The van der Waals surface area contributed by atoms with Gasteiger partial charge in [0.15, 0.2) is 0 Å². The second kappa shape index (κ2) is 5.19. The summed E-state index contributed by atoms with van der Waals surface area (Å²) < 4.78 is 2.62. The van der Waals surface area contributed by atoms with Gasteiger partial charge in [0.05, 0.1) is 6.54 Å². The van der Waals surface area contributed by atoms with E-state index in [1.807, 2.05) is 18.2 Å². The minimum Gasteiger partial charge on any atom is -0.389 e. The zero-order valence-corrected chi connectivity index (χ0v) is 11.2. The molecular formula is C13H13N3O2S. The number of hydrogen-bond donors (Lipinski definition) is 1. The zero-order chi connectivity index (χ0) is 14.0. The van der Waals surface area contributed by atoms with Crippen LogP contribution in [0.15, 0.2) is 46.2 Å². The van der Waals surface area contributed by atoms with Crippen LogP contribution in [0.3, 0.4) is 0 Å². The van der Waals surface area contributed by atoms with Crippen LogP contribution in [0, 0.1) is 0 Å². The molecule has 0 aliphatic carbocycles. The van der Waals surface area contributed by atoms with Gasteiger partial charge >= 0.3 is 11.1 Å². The predicted molar refractivity (Wildman–Crippen MR) is 77.4 cm³/mol. The van der Waals surface area contributed by atoms with Crippen LogP contribution in [0.1, 0.15) is 11.1 Å². The Morgan fingerprint density at radius 3 is 2.68 bits per heavy atom. The molecule has 19 heavy (non-hydrogen) atoms. The van der Waals surface area contributed by atoms with Crippen molar-refractivity contribution in [3.8, 4) is 0 Å². The van der Waals surface area contributed by atoms with Crippen LogP contribution in [0.2, 0.25) is 0 Å². The molecule has 0 radical (unpaired) electrons. The van der Waals surface area contributed by atoms with E-state index in [9.17, 15) is 9.59 Å². The van der Waals surface area contributed by atoms with Crippen molar-refractivity contribution in [2.45, 2.75) is 6.54 Å². The van der Waals surface area contributed by atoms with E-state index >= 15 is 0 Å². The molecule has 0 atom stereocenters. The molecule has 0 aliphatic rings. The Morgan fingerprint density at radius 1 is 1.26 bits per heavy atom. The fourth-order valence-electron chi connectivity index (χ4n) is 1.73. The average molecular weight is 275 g/mol. The molecule has 2 aromatic rings. The number of thiocarbonyl (C=S) groups is 1. The second-order valence-corrected chi connectivity index (χ2v) is 4.65. The summed E-state index contributed by atoms with van der Waals surface area (Å²) in [6, 6.07) is 7.28. The van der Waals surface area contributed by atoms with E-state index in [4.69, 9.17) is 18.0 Å². The van der Waals surface area contributed by atoms with Crippen molar-refractivity contribution in [2.24, 2.45) is 12.8 Å². The lowest BCUT2D eigenvalue weighted by Gasteiger charge is -2.07. The van der Waals surface area contributed by atoms with E-state index in [0.29, 0.717) is 11.5 Å². The van der Waals surface area contributed by atoms with Crippen molar-refractivity contribution in [3.63, 3.8) is 0 Å². The molecule has 6 heteroatoms. The standard InChI is InChI=1S/C13H13N3O2S/c1-15-5-6-16(13(18)12(15)17)8-9-3-2-4-10(7-9)11(14)19/h2-7H,8H2,1H3,(H2,14,19). The zero-order valence-electron chi connectivity index (χ0n) is 10.4. The van der Waals surface area contributed by atoms with Crippen LogP contribution < -0.4 is 16.9 Å². The topological polar surface area (TPSA) is 70.0 Å². The molecule has 5 nitrogen and oxygen atoms in total. The van der Waals surface area contributed by atoms with Gasteiger partial charge in [-0.15, -0.1) is 0 Å². The summed E-state index contributed by atoms with van der Waals surface area (Å²) in [5.41, 5.74) is 6.06. The molecule has 0 saturated heterocycles. The van der Waals surface area contributed by atoms with Gasteiger partial charge in [0, 0.05) is 25.0 Å². The lowest BCUT2D eigenvalue weighted by Crippen LogP contribution is -2.39. The first-order chi connectivity index (χ1) is 8.99. The molecule has 1 aromatic carbocycles. The molecule has 98 valence electrons. The Hall–Kier alpha value is -2.21. The summed E-state index contributed by atoms with van der Waals surface area (Å²) in [7, 11) is 1.54. The number of aromatic nitrogens is 2. The van der Waals surface area contributed by atoms with Crippen molar-refractivity contribution in [1.29, 1.82) is 0 Å².